The van der Waals surface area contributed by atoms with E-state index in [1.54, 1.807) is 37.1 Å². The normalized spacial score (nSPS) is 12.0. The summed E-state index contributed by atoms with van der Waals surface area (Å²) in [6, 6.07) is 5.78. The van der Waals surface area contributed by atoms with E-state index >= 15 is 0 Å². The maximum absolute atomic E-state index is 10.3. The van der Waals surface area contributed by atoms with Crippen molar-refractivity contribution in [3.8, 4) is 5.82 Å². The molecule has 0 spiro atoms. The number of rotatable bonds is 6. The molecule has 4 heterocycles. The largest absolute Gasteiger partial charge is 0.382 e. The molecular weight excluding hydrogens is 434 g/mol. The SMILES string of the molecule is CCCc1c(Cc2ccnn2-c2ncccc2Br)ncn2nc(C(C)(C)O)nc12. The first-order valence-corrected chi connectivity index (χ1v) is 10.3. The van der Waals surface area contributed by atoms with Crippen molar-refractivity contribution in [1.29, 1.82) is 0 Å². The standard InChI is InChI=1S/C20H22BrN7O/c1-4-6-14-16(23-12-27-17(14)25-19(26-27)20(2,3)29)11-13-8-10-24-28(13)18-15(21)7-5-9-22-18/h5,7-10,12,29H,4,6,11H2,1-3H3. The number of pyridine rings is 1. The van der Waals surface area contributed by atoms with Crippen LogP contribution in [-0.2, 0) is 18.4 Å². The van der Waals surface area contributed by atoms with Gasteiger partial charge >= 0.3 is 0 Å². The van der Waals surface area contributed by atoms with Crippen LogP contribution in [0.1, 0.15) is 50.0 Å². The van der Waals surface area contributed by atoms with Gasteiger partial charge in [0.05, 0.1) is 15.9 Å². The second-order valence-corrected chi connectivity index (χ2v) is 8.26. The van der Waals surface area contributed by atoms with Gasteiger partial charge in [-0.25, -0.2) is 24.1 Å². The van der Waals surface area contributed by atoms with Gasteiger partial charge in [-0.3, -0.25) is 0 Å². The fraction of sp³-hybridized carbons (Fsp3) is 0.350. The lowest BCUT2D eigenvalue weighted by atomic mass is 10.1. The Kier molecular flexibility index (Phi) is 5.18. The number of hydrogen-bond acceptors (Lipinski definition) is 6. The molecule has 8 nitrogen and oxygen atoms in total. The quantitative estimate of drug-likeness (QED) is 0.479. The van der Waals surface area contributed by atoms with E-state index in [-0.39, 0.29) is 0 Å². The zero-order valence-corrected chi connectivity index (χ0v) is 18.1. The molecule has 0 radical (unpaired) electrons. The Morgan fingerprint density at radius 1 is 1.17 bits per heavy atom. The second kappa shape index (κ2) is 7.64. The molecule has 4 aromatic rings. The first kappa shape index (κ1) is 19.7. The molecule has 0 bridgehead atoms. The van der Waals surface area contributed by atoms with E-state index in [2.05, 4.69) is 48.0 Å². The van der Waals surface area contributed by atoms with Gasteiger partial charge in [-0.2, -0.15) is 5.10 Å². The van der Waals surface area contributed by atoms with Crippen molar-refractivity contribution in [3.05, 3.63) is 64.2 Å². The molecule has 9 heteroatoms. The molecule has 0 fully saturated rings. The predicted octanol–water partition coefficient (Wildman–Crippen LogP) is 3.24. The van der Waals surface area contributed by atoms with Crippen LogP contribution in [-0.4, -0.2) is 39.5 Å². The van der Waals surface area contributed by atoms with Gasteiger partial charge in [-0.1, -0.05) is 13.3 Å². The molecule has 1 N–H and O–H groups in total. The number of hydrogen-bond donors (Lipinski definition) is 1. The Hall–Kier alpha value is -2.65. The lowest BCUT2D eigenvalue weighted by molar-refractivity contribution is 0.0690. The van der Waals surface area contributed by atoms with Gasteiger partial charge in [-0.05, 0) is 54.4 Å². The Morgan fingerprint density at radius 3 is 2.72 bits per heavy atom. The van der Waals surface area contributed by atoms with Gasteiger partial charge in [0.1, 0.15) is 11.9 Å². The Morgan fingerprint density at radius 2 is 2.00 bits per heavy atom. The summed E-state index contributed by atoms with van der Waals surface area (Å²) in [7, 11) is 0. The van der Waals surface area contributed by atoms with Crippen molar-refractivity contribution in [2.75, 3.05) is 0 Å². The van der Waals surface area contributed by atoms with Crippen molar-refractivity contribution in [1.82, 2.24) is 34.3 Å². The maximum atomic E-state index is 10.3. The van der Waals surface area contributed by atoms with Crippen molar-refractivity contribution in [3.63, 3.8) is 0 Å². The van der Waals surface area contributed by atoms with Crippen molar-refractivity contribution in [2.45, 2.75) is 45.6 Å². The summed E-state index contributed by atoms with van der Waals surface area (Å²) < 4.78 is 4.33. The number of aryl methyl sites for hydroxylation is 1. The predicted molar refractivity (Wildman–Crippen MR) is 112 cm³/mol. The highest BCUT2D eigenvalue weighted by atomic mass is 79.9. The fourth-order valence-electron chi connectivity index (χ4n) is 3.22. The minimum absolute atomic E-state index is 0.385. The van der Waals surface area contributed by atoms with Gasteiger partial charge in [0, 0.05) is 24.4 Å². The summed E-state index contributed by atoms with van der Waals surface area (Å²) in [5, 5.41) is 19.1. The van der Waals surface area contributed by atoms with Gasteiger partial charge in [0.2, 0.25) is 0 Å². The number of nitrogens with zero attached hydrogens (tertiary/aromatic N) is 7. The lowest BCUT2D eigenvalue weighted by Gasteiger charge is -2.11. The minimum Gasteiger partial charge on any atom is -0.382 e. The summed E-state index contributed by atoms with van der Waals surface area (Å²) in [6.07, 6.45) is 7.51. The van der Waals surface area contributed by atoms with E-state index in [1.807, 2.05) is 22.9 Å². The third-order valence-corrected chi connectivity index (χ3v) is 5.25. The molecule has 29 heavy (non-hydrogen) atoms. The summed E-state index contributed by atoms with van der Waals surface area (Å²) in [5.41, 5.74) is 2.55. The third-order valence-electron chi connectivity index (χ3n) is 4.63. The molecule has 0 aliphatic heterocycles. The summed E-state index contributed by atoms with van der Waals surface area (Å²) in [5.74, 6) is 1.12. The number of halogens is 1. The van der Waals surface area contributed by atoms with Crippen LogP contribution in [0.5, 0.6) is 0 Å². The van der Waals surface area contributed by atoms with E-state index in [9.17, 15) is 5.11 Å². The molecule has 0 aromatic carbocycles. The van der Waals surface area contributed by atoms with Crippen LogP contribution in [0.2, 0.25) is 0 Å². The molecule has 0 atom stereocenters. The molecule has 0 unspecified atom stereocenters. The Labute approximate surface area is 176 Å². The van der Waals surface area contributed by atoms with Crippen LogP contribution < -0.4 is 0 Å². The van der Waals surface area contributed by atoms with Crippen molar-refractivity contribution < 1.29 is 5.11 Å². The van der Waals surface area contributed by atoms with Crippen LogP contribution in [0.4, 0.5) is 0 Å². The van der Waals surface area contributed by atoms with Crippen molar-refractivity contribution >= 4 is 21.6 Å². The zero-order valence-electron chi connectivity index (χ0n) is 16.5. The molecule has 0 aliphatic rings. The minimum atomic E-state index is -1.11. The molecule has 4 rings (SSSR count). The zero-order chi connectivity index (χ0) is 20.6. The average Bonchev–Trinajstić information content (AvgIpc) is 3.31. The second-order valence-electron chi connectivity index (χ2n) is 7.40. The monoisotopic (exact) mass is 455 g/mol. The maximum Gasteiger partial charge on any atom is 0.182 e. The van der Waals surface area contributed by atoms with Gasteiger partial charge < -0.3 is 5.11 Å². The van der Waals surface area contributed by atoms with E-state index < -0.39 is 5.60 Å². The fourth-order valence-corrected chi connectivity index (χ4v) is 3.64. The topological polar surface area (TPSA) is 94.0 Å². The molecule has 150 valence electrons. The van der Waals surface area contributed by atoms with Gasteiger partial charge in [0.15, 0.2) is 17.3 Å². The van der Waals surface area contributed by atoms with E-state index in [1.165, 1.54) is 0 Å². The summed E-state index contributed by atoms with van der Waals surface area (Å²) in [4.78, 5) is 13.7. The molecule has 0 saturated carbocycles. The molecular formula is C20H22BrN7O. The first-order valence-electron chi connectivity index (χ1n) is 9.48. The Balaban J connectivity index is 1.79. The van der Waals surface area contributed by atoms with Crippen LogP contribution in [0, 0.1) is 0 Å². The molecule has 0 aliphatic carbocycles. The highest BCUT2D eigenvalue weighted by Gasteiger charge is 2.24. The third kappa shape index (κ3) is 3.79. The molecule has 0 saturated heterocycles. The van der Waals surface area contributed by atoms with E-state index in [0.717, 1.165) is 45.7 Å². The smallest absolute Gasteiger partial charge is 0.182 e. The summed E-state index contributed by atoms with van der Waals surface area (Å²) in [6.45, 7) is 5.48. The van der Waals surface area contributed by atoms with Crippen LogP contribution >= 0.6 is 15.9 Å². The number of fused-ring (bicyclic) bond motifs is 1. The first-order chi connectivity index (χ1) is 13.9. The van der Waals surface area contributed by atoms with Crippen LogP contribution in [0.3, 0.4) is 0 Å². The number of aromatic nitrogens is 7. The van der Waals surface area contributed by atoms with Gasteiger partial charge in [0.25, 0.3) is 0 Å². The number of aliphatic hydroxyl groups is 1. The molecule has 4 aromatic heterocycles. The lowest BCUT2D eigenvalue weighted by Crippen LogP contribution is -2.17. The van der Waals surface area contributed by atoms with E-state index in [0.29, 0.717) is 12.2 Å². The highest BCUT2D eigenvalue weighted by molar-refractivity contribution is 9.10. The van der Waals surface area contributed by atoms with E-state index in [4.69, 9.17) is 0 Å². The average molecular weight is 456 g/mol. The van der Waals surface area contributed by atoms with Crippen LogP contribution in [0.15, 0.2) is 41.4 Å². The van der Waals surface area contributed by atoms with Crippen molar-refractivity contribution in [2.24, 2.45) is 0 Å². The molecule has 0 amide bonds. The highest BCUT2D eigenvalue weighted by Crippen LogP contribution is 2.24. The van der Waals surface area contributed by atoms with Gasteiger partial charge in [-0.15, -0.1) is 5.10 Å². The summed E-state index contributed by atoms with van der Waals surface area (Å²) >= 11 is 3.55. The Bertz CT molecular complexity index is 1160. The van der Waals surface area contributed by atoms with Crippen LogP contribution in [0.25, 0.3) is 11.5 Å².